The second kappa shape index (κ2) is 5.43. The van der Waals surface area contributed by atoms with Gasteiger partial charge in [-0.2, -0.15) is 5.26 Å². The van der Waals surface area contributed by atoms with Gasteiger partial charge in [0.05, 0.1) is 16.8 Å². The Kier molecular flexibility index (Phi) is 3.47. The molecule has 0 spiro atoms. The number of hydrogen-bond donors (Lipinski definition) is 1. The summed E-state index contributed by atoms with van der Waals surface area (Å²) in [4.78, 5) is 4.33. The Bertz CT molecular complexity index is 848. The van der Waals surface area contributed by atoms with E-state index < -0.39 is 0 Å². The molecule has 21 heavy (non-hydrogen) atoms. The van der Waals surface area contributed by atoms with Crippen molar-refractivity contribution in [3.8, 4) is 6.07 Å². The van der Waals surface area contributed by atoms with Gasteiger partial charge in [0.2, 0.25) is 0 Å². The van der Waals surface area contributed by atoms with Crippen LogP contribution in [0.25, 0.3) is 10.9 Å². The SMILES string of the molecule is Cc1ccc2ncc(C#N)c(Nc3ccc(Cl)cc3)c2c1. The number of aryl methyl sites for hydroxylation is 1. The topological polar surface area (TPSA) is 48.7 Å². The number of benzene rings is 2. The molecule has 3 aromatic rings. The first-order chi connectivity index (χ1) is 10.2. The molecule has 1 aromatic heterocycles. The van der Waals surface area contributed by atoms with Crippen LogP contribution >= 0.6 is 11.6 Å². The van der Waals surface area contributed by atoms with Crippen LogP contribution in [0.15, 0.2) is 48.7 Å². The zero-order chi connectivity index (χ0) is 14.8. The van der Waals surface area contributed by atoms with Crippen LogP contribution in [0.4, 0.5) is 11.4 Å². The number of anilines is 2. The average molecular weight is 294 g/mol. The van der Waals surface area contributed by atoms with E-state index in [1.807, 2.05) is 49.4 Å². The first-order valence-electron chi connectivity index (χ1n) is 6.49. The number of nitriles is 1. The minimum absolute atomic E-state index is 0.517. The highest BCUT2D eigenvalue weighted by atomic mass is 35.5. The predicted octanol–water partition coefficient (Wildman–Crippen LogP) is 4.81. The number of pyridine rings is 1. The van der Waals surface area contributed by atoms with Gasteiger partial charge in [-0.25, -0.2) is 0 Å². The van der Waals surface area contributed by atoms with Gasteiger partial charge in [-0.15, -0.1) is 0 Å². The largest absolute Gasteiger partial charge is 0.354 e. The standard InChI is InChI=1S/C17H12ClN3/c1-11-2-7-16-15(8-11)17(12(9-19)10-20-16)21-14-5-3-13(18)4-6-14/h2-8,10H,1H3,(H,20,21). The summed E-state index contributed by atoms with van der Waals surface area (Å²) in [6.07, 6.45) is 1.59. The summed E-state index contributed by atoms with van der Waals surface area (Å²) in [5.74, 6) is 0. The van der Waals surface area contributed by atoms with Gasteiger partial charge in [0, 0.05) is 22.3 Å². The Morgan fingerprint density at radius 3 is 2.62 bits per heavy atom. The predicted molar refractivity (Wildman–Crippen MR) is 85.9 cm³/mol. The quantitative estimate of drug-likeness (QED) is 0.737. The molecule has 1 N–H and O–H groups in total. The molecule has 0 amide bonds. The molecule has 3 nitrogen and oxygen atoms in total. The maximum absolute atomic E-state index is 9.32. The van der Waals surface area contributed by atoms with Gasteiger partial charge >= 0.3 is 0 Å². The maximum Gasteiger partial charge on any atom is 0.103 e. The number of fused-ring (bicyclic) bond motifs is 1. The lowest BCUT2D eigenvalue weighted by atomic mass is 10.1. The van der Waals surface area contributed by atoms with E-state index in [1.54, 1.807) is 6.20 Å². The van der Waals surface area contributed by atoms with Crippen LogP contribution < -0.4 is 5.32 Å². The summed E-state index contributed by atoms with van der Waals surface area (Å²) in [7, 11) is 0. The third kappa shape index (κ3) is 2.67. The fourth-order valence-corrected chi connectivity index (χ4v) is 2.33. The average Bonchev–Trinajstić information content (AvgIpc) is 2.50. The molecule has 0 aliphatic rings. The monoisotopic (exact) mass is 293 g/mol. The number of aromatic nitrogens is 1. The van der Waals surface area contributed by atoms with Crippen molar-refractivity contribution < 1.29 is 0 Å². The van der Waals surface area contributed by atoms with E-state index in [-0.39, 0.29) is 0 Å². The van der Waals surface area contributed by atoms with Gasteiger partial charge in [0.25, 0.3) is 0 Å². The van der Waals surface area contributed by atoms with Gasteiger partial charge in [-0.3, -0.25) is 4.98 Å². The lowest BCUT2D eigenvalue weighted by molar-refractivity contribution is 1.35. The molecule has 0 bridgehead atoms. The van der Waals surface area contributed by atoms with Crippen molar-refractivity contribution in [3.63, 3.8) is 0 Å². The number of hydrogen-bond acceptors (Lipinski definition) is 3. The second-order valence-electron chi connectivity index (χ2n) is 4.81. The highest BCUT2D eigenvalue weighted by Gasteiger charge is 2.09. The summed E-state index contributed by atoms with van der Waals surface area (Å²) < 4.78 is 0. The minimum Gasteiger partial charge on any atom is -0.354 e. The Morgan fingerprint density at radius 2 is 1.90 bits per heavy atom. The van der Waals surface area contributed by atoms with Crippen LogP contribution in [0, 0.1) is 18.3 Å². The summed E-state index contributed by atoms with van der Waals surface area (Å²) in [6.45, 7) is 2.02. The fourth-order valence-electron chi connectivity index (χ4n) is 2.20. The van der Waals surface area contributed by atoms with Crippen molar-refractivity contribution in [2.24, 2.45) is 0 Å². The Labute approximate surface area is 127 Å². The molecule has 0 saturated heterocycles. The lowest BCUT2D eigenvalue weighted by Gasteiger charge is -2.12. The zero-order valence-electron chi connectivity index (χ0n) is 11.4. The molecule has 2 aromatic carbocycles. The molecular weight excluding hydrogens is 282 g/mol. The fraction of sp³-hybridized carbons (Fsp3) is 0.0588. The van der Waals surface area contributed by atoms with Crippen LogP contribution in [-0.4, -0.2) is 4.98 Å². The third-order valence-electron chi connectivity index (χ3n) is 3.26. The number of nitrogens with one attached hydrogen (secondary N) is 1. The van der Waals surface area contributed by atoms with E-state index in [1.165, 1.54) is 0 Å². The summed E-state index contributed by atoms with van der Waals surface area (Å²) >= 11 is 5.90. The van der Waals surface area contributed by atoms with E-state index in [2.05, 4.69) is 16.4 Å². The van der Waals surface area contributed by atoms with Gasteiger partial charge in [0.15, 0.2) is 0 Å². The van der Waals surface area contributed by atoms with Crippen LogP contribution in [-0.2, 0) is 0 Å². The van der Waals surface area contributed by atoms with E-state index in [4.69, 9.17) is 11.6 Å². The van der Waals surface area contributed by atoms with E-state index in [9.17, 15) is 5.26 Å². The number of nitrogens with zero attached hydrogens (tertiary/aromatic N) is 2. The molecule has 3 rings (SSSR count). The normalized spacial score (nSPS) is 10.3. The van der Waals surface area contributed by atoms with Crippen LogP contribution in [0.1, 0.15) is 11.1 Å². The van der Waals surface area contributed by atoms with E-state index in [0.29, 0.717) is 10.6 Å². The molecular formula is C17H12ClN3. The summed E-state index contributed by atoms with van der Waals surface area (Å²) in [6, 6.07) is 15.6. The van der Waals surface area contributed by atoms with Crippen molar-refractivity contribution >= 4 is 33.9 Å². The molecule has 0 fully saturated rings. The van der Waals surface area contributed by atoms with Crippen molar-refractivity contribution in [3.05, 3.63) is 64.8 Å². The molecule has 0 aliphatic heterocycles. The van der Waals surface area contributed by atoms with E-state index in [0.717, 1.165) is 27.8 Å². The maximum atomic E-state index is 9.32. The van der Waals surface area contributed by atoms with Crippen LogP contribution in [0.2, 0.25) is 5.02 Å². The molecule has 0 atom stereocenters. The molecule has 4 heteroatoms. The molecule has 0 saturated carbocycles. The molecule has 0 unspecified atom stereocenters. The zero-order valence-corrected chi connectivity index (χ0v) is 12.1. The molecule has 1 heterocycles. The van der Waals surface area contributed by atoms with Gasteiger partial charge in [-0.05, 0) is 43.3 Å². The number of halogens is 1. The molecule has 102 valence electrons. The first kappa shape index (κ1) is 13.4. The Hall–Kier alpha value is -2.57. The van der Waals surface area contributed by atoms with Gasteiger partial charge in [0.1, 0.15) is 6.07 Å². The third-order valence-corrected chi connectivity index (χ3v) is 3.51. The molecule has 0 aliphatic carbocycles. The highest BCUT2D eigenvalue weighted by molar-refractivity contribution is 6.30. The van der Waals surface area contributed by atoms with Crippen LogP contribution in [0.3, 0.4) is 0 Å². The van der Waals surface area contributed by atoms with Crippen molar-refractivity contribution in [1.82, 2.24) is 4.98 Å². The highest BCUT2D eigenvalue weighted by Crippen LogP contribution is 2.29. The Balaban J connectivity index is 2.17. The van der Waals surface area contributed by atoms with Crippen molar-refractivity contribution in [2.75, 3.05) is 5.32 Å². The van der Waals surface area contributed by atoms with Gasteiger partial charge < -0.3 is 5.32 Å². The second-order valence-corrected chi connectivity index (χ2v) is 5.25. The number of rotatable bonds is 2. The van der Waals surface area contributed by atoms with E-state index >= 15 is 0 Å². The minimum atomic E-state index is 0.517. The lowest BCUT2D eigenvalue weighted by Crippen LogP contribution is -1.97. The molecule has 0 radical (unpaired) electrons. The summed E-state index contributed by atoms with van der Waals surface area (Å²) in [5.41, 5.74) is 4.15. The van der Waals surface area contributed by atoms with Crippen LogP contribution in [0.5, 0.6) is 0 Å². The van der Waals surface area contributed by atoms with Crippen molar-refractivity contribution in [2.45, 2.75) is 6.92 Å². The Morgan fingerprint density at radius 1 is 1.14 bits per heavy atom. The van der Waals surface area contributed by atoms with Crippen molar-refractivity contribution in [1.29, 1.82) is 5.26 Å². The smallest absolute Gasteiger partial charge is 0.103 e. The van der Waals surface area contributed by atoms with Gasteiger partial charge in [-0.1, -0.05) is 23.2 Å². The first-order valence-corrected chi connectivity index (χ1v) is 6.87. The summed E-state index contributed by atoms with van der Waals surface area (Å²) in [5, 5.41) is 14.2.